The van der Waals surface area contributed by atoms with Crippen LogP contribution in [0.5, 0.6) is 0 Å². The normalized spacial score (nSPS) is 17.5. The van der Waals surface area contributed by atoms with Gasteiger partial charge in [-0.05, 0) is 38.8 Å². The first-order valence-corrected chi connectivity index (χ1v) is 10.1. The number of fused-ring (bicyclic) bond motifs is 1. The van der Waals surface area contributed by atoms with Gasteiger partial charge in [-0.3, -0.25) is 0 Å². The van der Waals surface area contributed by atoms with Crippen LogP contribution in [0.3, 0.4) is 0 Å². The van der Waals surface area contributed by atoms with E-state index in [-0.39, 0.29) is 17.6 Å². The van der Waals surface area contributed by atoms with Crippen LogP contribution in [0, 0.1) is 0 Å². The maximum atomic E-state index is 13.5. The van der Waals surface area contributed by atoms with Gasteiger partial charge in [0, 0.05) is 18.6 Å². The summed E-state index contributed by atoms with van der Waals surface area (Å²) in [7, 11) is 0. The second kappa shape index (κ2) is 7.67. The average molecular weight is 434 g/mol. The minimum atomic E-state index is -4.45. The lowest BCUT2D eigenvalue weighted by Crippen LogP contribution is -2.29. The number of hydrogen-bond donors (Lipinski definition) is 2. The molecule has 1 fully saturated rings. The van der Waals surface area contributed by atoms with Gasteiger partial charge in [0.15, 0.2) is 17.0 Å². The molecule has 1 aromatic carbocycles. The Labute approximate surface area is 177 Å². The smallest absolute Gasteiger partial charge is 0.391 e. The average Bonchev–Trinajstić information content (AvgIpc) is 3.26. The summed E-state index contributed by atoms with van der Waals surface area (Å²) in [6, 6.07) is 5.50. The SMILES string of the molecule is CC(C)(C)Nc1nc(N2CCC(O)C2)c2ncn(Cc3ccccc3C(F)(F)F)c2n1. The minimum Gasteiger partial charge on any atom is -0.391 e. The second-order valence-electron chi connectivity index (χ2n) is 8.83. The van der Waals surface area contributed by atoms with Gasteiger partial charge in [-0.1, -0.05) is 18.2 Å². The van der Waals surface area contributed by atoms with E-state index in [9.17, 15) is 18.3 Å². The standard InChI is InChI=1S/C21H25F3N6O/c1-20(2,3)28-19-26-17(29-9-8-14(31)11-29)16-18(27-19)30(12-25-16)10-13-6-4-5-7-15(13)21(22,23)24/h4-7,12,14,31H,8-11H2,1-3H3,(H,26,27,28). The van der Waals surface area contributed by atoms with Crippen LogP contribution >= 0.6 is 0 Å². The molecule has 1 atom stereocenters. The lowest BCUT2D eigenvalue weighted by Gasteiger charge is -2.23. The third-order valence-corrected chi connectivity index (χ3v) is 5.06. The molecule has 1 saturated heterocycles. The van der Waals surface area contributed by atoms with Crippen LogP contribution in [-0.2, 0) is 12.7 Å². The summed E-state index contributed by atoms with van der Waals surface area (Å²) in [5, 5.41) is 13.2. The molecule has 0 bridgehead atoms. The van der Waals surface area contributed by atoms with E-state index in [2.05, 4.69) is 20.3 Å². The van der Waals surface area contributed by atoms with E-state index >= 15 is 0 Å². The molecule has 0 radical (unpaired) electrons. The zero-order chi connectivity index (χ0) is 22.4. The number of benzene rings is 1. The fourth-order valence-electron chi connectivity index (χ4n) is 3.71. The second-order valence-corrected chi connectivity index (χ2v) is 8.83. The summed E-state index contributed by atoms with van der Waals surface area (Å²) in [6.45, 7) is 6.92. The highest BCUT2D eigenvalue weighted by atomic mass is 19.4. The number of hydrogen-bond acceptors (Lipinski definition) is 6. The van der Waals surface area contributed by atoms with Crippen LogP contribution in [-0.4, -0.2) is 49.4 Å². The van der Waals surface area contributed by atoms with Crippen molar-refractivity contribution in [3.05, 3.63) is 41.7 Å². The lowest BCUT2D eigenvalue weighted by atomic mass is 10.1. The molecule has 0 spiro atoms. The summed E-state index contributed by atoms with van der Waals surface area (Å²) in [5.41, 5.74) is 0.0785. The van der Waals surface area contributed by atoms with Gasteiger partial charge in [-0.2, -0.15) is 23.1 Å². The van der Waals surface area contributed by atoms with Crippen molar-refractivity contribution in [3.8, 4) is 0 Å². The van der Waals surface area contributed by atoms with Gasteiger partial charge in [0.25, 0.3) is 0 Å². The molecule has 0 aliphatic carbocycles. The van der Waals surface area contributed by atoms with E-state index in [1.54, 1.807) is 10.6 Å². The molecule has 3 aromatic rings. The zero-order valence-corrected chi connectivity index (χ0v) is 17.6. The molecule has 31 heavy (non-hydrogen) atoms. The molecule has 1 unspecified atom stereocenters. The summed E-state index contributed by atoms with van der Waals surface area (Å²) >= 11 is 0. The minimum absolute atomic E-state index is 0.0276. The summed E-state index contributed by atoms with van der Waals surface area (Å²) < 4.78 is 42.0. The van der Waals surface area contributed by atoms with E-state index in [4.69, 9.17) is 0 Å². The van der Waals surface area contributed by atoms with Gasteiger partial charge in [0.2, 0.25) is 5.95 Å². The molecule has 1 aliphatic heterocycles. The van der Waals surface area contributed by atoms with Gasteiger partial charge in [-0.15, -0.1) is 0 Å². The first-order chi connectivity index (χ1) is 14.5. The topological polar surface area (TPSA) is 79.1 Å². The van der Waals surface area contributed by atoms with Gasteiger partial charge in [-0.25, -0.2) is 4.98 Å². The molecule has 0 saturated carbocycles. The van der Waals surface area contributed by atoms with Crippen molar-refractivity contribution in [1.82, 2.24) is 19.5 Å². The van der Waals surface area contributed by atoms with Crippen molar-refractivity contribution in [3.63, 3.8) is 0 Å². The van der Waals surface area contributed by atoms with E-state index in [1.165, 1.54) is 18.5 Å². The quantitative estimate of drug-likeness (QED) is 0.652. The number of nitrogens with zero attached hydrogens (tertiary/aromatic N) is 5. The Bertz CT molecular complexity index is 1090. The molecule has 3 heterocycles. The predicted octanol–water partition coefficient (Wildman–Crippen LogP) is 3.67. The number of anilines is 2. The van der Waals surface area contributed by atoms with Crippen LogP contribution in [0.4, 0.5) is 24.9 Å². The molecule has 10 heteroatoms. The Hall–Kier alpha value is -2.88. The van der Waals surface area contributed by atoms with Crippen LogP contribution in [0.1, 0.15) is 38.3 Å². The number of halogens is 3. The maximum absolute atomic E-state index is 13.5. The molecular weight excluding hydrogens is 409 g/mol. The van der Waals surface area contributed by atoms with E-state index in [0.717, 1.165) is 6.07 Å². The third-order valence-electron chi connectivity index (χ3n) is 5.06. The number of β-amino-alcohol motifs (C(OH)–C–C–N with tert-alkyl or cyclic N) is 1. The number of nitrogens with one attached hydrogen (secondary N) is 1. The Kier molecular flexibility index (Phi) is 5.28. The number of aromatic nitrogens is 4. The number of aliphatic hydroxyl groups excluding tert-OH is 1. The highest BCUT2D eigenvalue weighted by Gasteiger charge is 2.33. The van der Waals surface area contributed by atoms with E-state index < -0.39 is 17.8 Å². The summed E-state index contributed by atoms with van der Waals surface area (Å²) in [6.07, 6.45) is -2.79. The molecule has 166 valence electrons. The van der Waals surface area contributed by atoms with Crippen LogP contribution in [0.15, 0.2) is 30.6 Å². The summed E-state index contributed by atoms with van der Waals surface area (Å²) in [5.74, 6) is 0.929. The molecule has 4 rings (SSSR count). The van der Waals surface area contributed by atoms with Gasteiger partial charge in [0.05, 0.1) is 24.5 Å². The molecular formula is C21H25F3N6O. The van der Waals surface area contributed by atoms with Gasteiger partial charge in [0.1, 0.15) is 0 Å². The van der Waals surface area contributed by atoms with Crippen molar-refractivity contribution in [1.29, 1.82) is 0 Å². The molecule has 7 nitrogen and oxygen atoms in total. The summed E-state index contributed by atoms with van der Waals surface area (Å²) in [4.78, 5) is 15.5. The first kappa shape index (κ1) is 21.4. The highest BCUT2D eigenvalue weighted by molar-refractivity contribution is 5.85. The van der Waals surface area contributed by atoms with Gasteiger partial charge >= 0.3 is 6.18 Å². The van der Waals surface area contributed by atoms with Crippen LogP contribution in [0.25, 0.3) is 11.2 Å². The number of imidazole rings is 1. The van der Waals surface area contributed by atoms with Crippen molar-refractivity contribution in [2.24, 2.45) is 0 Å². The maximum Gasteiger partial charge on any atom is 0.416 e. The first-order valence-electron chi connectivity index (χ1n) is 10.1. The highest BCUT2D eigenvalue weighted by Crippen LogP contribution is 2.33. The molecule has 1 aliphatic rings. The lowest BCUT2D eigenvalue weighted by molar-refractivity contribution is -0.138. The van der Waals surface area contributed by atoms with Crippen molar-refractivity contribution < 1.29 is 18.3 Å². The molecule has 0 amide bonds. The Balaban J connectivity index is 1.80. The fourth-order valence-corrected chi connectivity index (χ4v) is 3.71. The predicted molar refractivity (Wildman–Crippen MR) is 112 cm³/mol. The Morgan fingerprint density at radius 3 is 2.55 bits per heavy atom. The molecule has 2 aromatic heterocycles. The Morgan fingerprint density at radius 2 is 1.90 bits per heavy atom. The number of alkyl halides is 3. The van der Waals surface area contributed by atoms with Crippen molar-refractivity contribution >= 4 is 22.9 Å². The van der Waals surface area contributed by atoms with Crippen LogP contribution in [0.2, 0.25) is 0 Å². The van der Waals surface area contributed by atoms with E-state index in [1.807, 2.05) is 25.7 Å². The monoisotopic (exact) mass is 434 g/mol. The number of rotatable bonds is 4. The zero-order valence-electron chi connectivity index (χ0n) is 17.6. The molecule has 2 N–H and O–H groups in total. The third kappa shape index (κ3) is 4.58. The van der Waals surface area contributed by atoms with Crippen molar-refractivity contribution in [2.45, 2.75) is 51.6 Å². The Morgan fingerprint density at radius 1 is 1.16 bits per heavy atom. The van der Waals surface area contributed by atoms with Crippen molar-refractivity contribution in [2.75, 3.05) is 23.3 Å². The van der Waals surface area contributed by atoms with E-state index in [0.29, 0.717) is 42.4 Å². The number of aliphatic hydroxyl groups is 1. The van der Waals surface area contributed by atoms with Gasteiger partial charge < -0.3 is 19.9 Å². The fraction of sp³-hybridized carbons (Fsp3) is 0.476. The largest absolute Gasteiger partial charge is 0.416 e. The van der Waals surface area contributed by atoms with Crippen LogP contribution < -0.4 is 10.2 Å².